The Hall–Kier alpha value is -3.67. The van der Waals surface area contributed by atoms with E-state index in [4.69, 9.17) is 4.74 Å². The van der Waals surface area contributed by atoms with Gasteiger partial charge in [0.15, 0.2) is 0 Å². The van der Waals surface area contributed by atoms with E-state index in [-0.39, 0.29) is 11.3 Å². The lowest BCUT2D eigenvalue weighted by Crippen LogP contribution is -2.16. The first-order chi connectivity index (χ1) is 14.0. The molecule has 1 amide bonds. The van der Waals surface area contributed by atoms with Crippen LogP contribution in [0.1, 0.15) is 38.9 Å². The number of nitrogens with one attached hydrogen (secondary N) is 2. The molecule has 0 bridgehead atoms. The van der Waals surface area contributed by atoms with E-state index in [1.807, 2.05) is 25.1 Å². The van der Waals surface area contributed by atoms with Gasteiger partial charge in [-0.2, -0.15) is 0 Å². The van der Waals surface area contributed by atoms with E-state index in [0.29, 0.717) is 5.69 Å². The van der Waals surface area contributed by atoms with E-state index >= 15 is 0 Å². The molecule has 1 aromatic heterocycles. The normalized spacial score (nSPS) is 10.3. The molecule has 0 saturated heterocycles. The molecule has 29 heavy (non-hydrogen) atoms. The van der Waals surface area contributed by atoms with Gasteiger partial charge in [-0.15, -0.1) is 0 Å². The number of ether oxygens (including phenoxy) is 1. The first-order valence-corrected chi connectivity index (χ1v) is 9.33. The van der Waals surface area contributed by atoms with E-state index in [9.17, 15) is 9.59 Å². The summed E-state index contributed by atoms with van der Waals surface area (Å²) >= 11 is 0. The lowest BCUT2D eigenvalue weighted by Gasteiger charge is -2.15. The highest BCUT2D eigenvalue weighted by Crippen LogP contribution is 2.26. The minimum Gasteiger partial charge on any atom is -0.465 e. The van der Waals surface area contributed by atoms with Crippen LogP contribution in [-0.2, 0) is 11.2 Å². The van der Waals surface area contributed by atoms with Crippen molar-refractivity contribution in [3.8, 4) is 0 Å². The Kier molecular flexibility index (Phi) is 6.24. The second-order valence-electron chi connectivity index (χ2n) is 6.51. The van der Waals surface area contributed by atoms with E-state index in [2.05, 4.69) is 28.6 Å². The number of esters is 1. The highest BCUT2D eigenvalue weighted by atomic mass is 16.5. The molecule has 2 N–H and O–H groups in total. The summed E-state index contributed by atoms with van der Waals surface area (Å²) in [4.78, 5) is 28.8. The summed E-state index contributed by atoms with van der Waals surface area (Å²) < 4.78 is 4.77. The molecule has 148 valence electrons. The van der Waals surface area contributed by atoms with Crippen LogP contribution in [0.4, 0.5) is 17.1 Å². The molecule has 0 atom stereocenters. The minimum atomic E-state index is -0.518. The van der Waals surface area contributed by atoms with Crippen LogP contribution in [0.15, 0.2) is 60.8 Å². The summed E-state index contributed by atoms with van der Waals surface area (Å²) in [6, 6.07) is 16.3. The van der Waals surface area contributed by atoms with E-state index in [1.54, 1.807) is 36.5 Å². The van der Waals surface area contributed by atoms with Gasteiger partial charge in [0.25, 0.3) is 5.91 Å². The van der Waals surface area contributed by atoms with Crippen LogP contribution in [-0.4, -0.2) is 24.0 Å². The number of hydrogen-bond donors (Lipinski definition) is 2. The van der Waals surface area contributed by atoms with Crippen molar-refractivity contribution in [2.75, 3.05) is 17.7 Å². The van der Waals surface area contributed by atoms with Gasteiger partial charge in [0, 0.05) is 17.6 Å². The zero-order chi connectivity index (χ0) is 20.8. The topological polar surface area (TPSA) is 80.3 Å². The SMILES string of the molecule is CCc1cccc(C)c1Nc1ccnc(C(=O)Nc2ccccc2C(=O)OC)c1. The van der Waals surface area contributed by atoms with Crippen molar-refractivity contribution in [2.24, 2.45) is 0 Å². The molecule has 0 aliphatic heterocycles. The third kappa shape index (κ3) is 4.60. The van der Waals surface area contributed by atoms with Crippen LogP contribution in [0.2, 0.25) is 0 Å². The number of amides is 1. The van der Waals surface area contributed by atoms with Crippen molar-refractivity contribution < 1.29 is 14.3 Å². The molecule has 1 heterocycles. The lowest BCUT2D eigenvalue weighted by molar-refractivity contribution is 0.0602. The van der Waals surface area contributed by atoms with E-state index in [1.165, 1.54) is 12.7 Å². The number of aryl methyl sites for hydroxylation is 2. The Labute approximate surface area is 169 Å². The maximum Gasteiger partial charge on any atom is 0.339 e. The van der Waals surface area contributed by atoms with Crippen LogP contribution in [0, 0.1) is 6.92 Å². The summed E-state index contributed by atoms with van der Waals surface area (Å²) in [7, 11) is 1.30. The monoisotopic (exact) mass is 389 g/mol. The number of hydrogen-bond acceptors (Lipinski definition) is 5. The third-order valence-electron chi connectivity index (χ3n) is 4.58. The van der Waals surface area contributed by atoms with Gasteiger partial charge in [0.1, 0.15) is 5.69 Å². The second-order valence-corrected chi connectivity index (χ2v) is 6.51. The summed E-state index contributed by atoms with van der Waals surface area (Å²) in [5.74, 6) is -0.929. The van der Waals surface area contributed by atoms with Gasteiger partial charge in [-0.25, -0.2) is 4.79 Å². The predicted octanol–water partition coefficient (Wildman–Crippen LogP) is 4.73. The predicted molar refractivity (Wildman–Crippen MR) is 114 cm³/mol. The van der Waals surface area contributed by atoms with Crippen LogP contribution >= 0.6 is 0 Å². The molecule has 2 aromatic carbocycles. The Morgan fingerprint density at radius 1 is 1.07 bits per heavy atom. The number of benzene rings is 2. The standard InChI is InChI=1S/C23H23N3O3/c1-4-16-9-7-8-15(2)21(16)25-17-12-13-24-20(14-17)22(27)26-19-11-6-5-10-18(19)23(28)29-3/h5-14H,4H2,1-3H3,(H,24,25)(H,26,27). The Bertz CT molecular complexity index is 1050. The average molecular weight is 389 g/mol. The number of para-hydroxylation sites is 2. The first kappa shape index (κ1) is 20.1. The average Bonchev–Trinajstić information content (AvgIpc) is 2.75. The van der Waals surface area contributed by atoms with Crippen molar-refractivity contribution in [2.45, 2.75) is 20.3 Å². The minimum absolute atomic E-state index is 0.237. The maximum absolute atomic E-state index is 12.7. The molecule has 3 rings (SSSR count). The molecule has 0 unspecified atom stereocenters. The Balaban J connectivity index is 1.84. The number of rotatable bonds is 6. The fraction of sp³-hybridized carbons (Fsp3) is 0.174. The van der Waals surface area contributed by atoms with Gasteiger partial charge >= 0.3 is 5.97 Å². The van der Waals surface area contributed by atoms with Crippen molar-refractivity contribution in [3.05, 3.63) is 83.2 Å². The number of carbonyl (C=O) groups excluding carboxylic acids is 2. The van der Waals surface area contributed by atoms with Gasteiger partial charge < -0.3 is 15.4 Å². The summed E-state index contributed by atoms with van der Waals surface area (Å²) in [6.07, 6.45) is 2.47. The van der Waals surface area contributed by atoms with Gasteiger partial charge in [-0.3, -0.25) is 9.78 Å². The van der Waals surface area contributed by atoms with Gasteiger partial charge in [-0.05, 0) is 48.7 Å². The number of methoxy groups -OCH3 is 1. The van der Waals surface area contributed by atoms with Crippen LogP contribution < -0.4 is 10.6 Å². The molecule has 0 saturated carbocycles. The van der Waals surface area contributed by atoms with Gasteiger partial charge in [0.2, 0.25) is 0 Å². The molecule has 6 nitrogen and oxygen atoms in total. The van der Waals surface area contributed by atoms with Gasteiger partial charge in [-0.1, -0.05) is 37.3 Å². The van der Waals surface area contributed by atoms with Crippen LogP contribution in [0.25, 0.3) is 0 Å². The highest BCUT2D eigenvalue weighted by molar-refractivity contribution is 6.07. The molecule has 6 heteroatoms. The Morgan fingerprint density at radius 2 is 1.86 bits per heavy atom. The number of carbonyl (C=O) groups is 2. The maximum atomic E-state index is 12.7. The first-order valence-electron chi connectivity index (χ1n) is 9.33. The van der Waals surface area contributed by atoms with Crippen molar-refractivity contribution in [1.82, 2.24) is 4.98 Å². The lowest BCUT2D eigenvalue weighted by atomic mass is 10.1. The summed E-state index contributed by atoms with van der Waals surface area (Å²) in [5, 5.41) is 6.13. The number of pyridine rings is 1. The molecule has 0 aliphatic carbocycles. The van der Waals surface area contributed by atoms with Crippen molar-refractivity contribution in [3.63, 3.8) is 0 Å². The van der Waals surface area contributed by atoms with Crippen molar-refractivity contribution in [1.29, 1.82) is 0 Å². The zero-order valence-electron chi connectivity index (χ0n) is 16.7. The largest absolute Gasteiger partial charge is 0.465 e. The summed E-state index contributed by atoms with van der Waals surface area (Å²) in [5.41, 5.74) is 5.00. The molecule has 0 aliphatic rings. The van der Waals surface area contributed by atoms with Crippen LogP contribution in [0.5, 0.6) is 0 Å². The van der Waals surface area contributed by atoms with Crippen LogP contribution in [0.3, 0.4) is 0 Å². The van der Waals surface area contributed by atoms with E-state index in [0.717, 1.165) is 23.4 Å². The van der Waals surface area contributed by atoms with Crippen molar-refractivity contribution >= 4 is 28.9 Å². The fourth-order valence-electron chi connectivity index (χ4n) is 3.05. The molecule has 0 spiro atoms. The zero-order valence-corrected chi connectivity index (χ0v) is 16.7. The summed E-state index contributed by atoms with van der Waals surface area (Å²) in [6.45, 7) is 4.14. The number of anilines is 3. The fourth-order valence-corrected chi connectivity index (χ4v) is 3.05. The molecular weight excluding hydrogens is 366 g/mol. The van der Waals surface area contributed by atoms with E-state index < -0.39 is 11.9 Å². The quantitative estimate of drug-likeness (QED) is 0.596. The Morgan fingerprint density at radius 3 is 2.62 bits per heavy atom. The molecule has 3 aromatic rings. The highest BCUT2D eigenvalue weighted by Gasteiger charge is 2.15. The molecule has 0 fully saturated rings. The smallest absolute Gasteiger partial charge is 0.339 e. The molecule has 0 radical (unpaired) electrons. The number of aromatic nitrogens is 1. The number of nitrogens with zero attached hydrogens (tertiary/aromatic N) is 1. The second kappa shape index (κ2) is 9.01. The third-order valence-corrected chi connectivity index (χ3v) is 4.58. The van der Waals surface area contributed by atoms with Gasteiger partial charge in [0.05, 0.1) is 18.4 Å². The molecular formula is C23H23N3O3.